The molecule has 5 heteroatoms. The van der Waals surface area contributed by atoms with Crippen LogP contribution in [0.5, 0.6) is 0 Å². The van der Waals surface area contributed by atoms with Crippen LogP contribution in [0, 0.1) is 0 Å². The molecule has 0 aliphatic heterocycles. The van der Waals surface area contributed by atoms with Crippen LogP contribution in [0.2, 0.25) is 0 Å². The van der Waals surface area contributed by atoms with Gasteiger partial charge in [0.1, 0.15) is 6.10 Å². The average Bonchev–Trinajstić information content (AvgIpc) is 3.58. The lowest BCUT2D eigenvalue weighted by Crippen LogP contribution is -2.25. The summed E-state index contributed by atoms with van der Waals surface area (Å²) in [6.45, 7) is 1.85. The van der Waals surface area contributed by atoms with Crippen LogP contribution in [-0.2, 0) is 14.9 Å². The zero-order valence-corrected chi connectivity index (χ0v) is 19.5. The van der Waals surface area contributed by atoms with Crippen LogP contribution in [0.1, 0.15) is 49.0 Å². The summed E-state index contributed by atoms with van der Waals surface area (Å²) in [5, 5.41) is 12.4. The molecule has 1 saturated carbocycles. The molecule has 0 radical (unpaired) electrons. The number of carbonyl (C=O) groups is 2. The first-order valence-electron chi connectivity index (χ1n) is 11.8. The van der Waals surface area contributed by atoms with Crippen molar-refractivity contribution in [2.45, 2.75) is 37.7 Å². The minimum atomic E-state index is -0.740. The lowest BCUT2D eigenvalue weighted by atomic mass is 9.93. The van der Waals surface area contributed by atoms with Gasteiger partial charge >= 0.3 is 12.1 Å². The van der Waals surface area contributed by atoms with Crippen LogP contribution in [-0.4, -0.2) is 17.2 Å². The van der Waals surface area contributed by atoms with Gasteiger partial charge in [-0.1, -0.05) is 91.0 Å². The van der Waals surface area contributed by atoms with Gasteiger partial charge in [-0.15, -0.1) is 0 Å². The molecule has 0 aromatic heterocycles. The standard InChI is InChI=1S/C30H27NO4/c1-20(21-6-3-2-4-7-21)35-29(34)31-27-9-5-8-26(27)24-12-10-22(11-13-24)23-14-16-25(17-15-23)30(18-19-30)28(32)33/h2-4,6-17,20H,5,18-19H2,1H3,(H,31,34)(H,32,33). The summed E-state index contributed by atoms with van der Waals surface area (Å²) in [6, 6.07) is 25.6. The van der Waals surface area contributed by atoms with Crippen molar-refractivity contribution in [3.63, 3.8) is 0 Å². The van der Waals surface area contributed by atoms with Gasteiger partial charge in [-0.3, -0.25) is 10.1 Å². The number of carboxylic acids is 1. The Kier molecular flexibility index (Phi) is 6.00. The molecule has 0 saturated heterocycles. The summed E-state index contributed by atoms with van der Waals surface area (Å²) in [5.41, 5.74) is 5.93. The summed E-state index contributed by atoms with van der Waals surface area (Å²) < 4.78 is 5.56. The zero-order valence-electron chi connectivity index (χ0n) is 19.5. The Hall–Kier alpha value is -4.12. The number of carbonyl (C=O) groups excluding carboxylic acids is 1. The van der Waals surface area contributed by atoms with E-state index in [1.54, 1.807) is 0 Å². The number of carboxylic acid groups (broad SMARTS) is 1. The van der Waals surface area contributed by atoms with Gasteiger partial charge in [0.25, 0.3) is 0 Å². The van der Waals surface area contributed by atoms with Crippen molar-refractivity contribution in [3.05, 3.63) is 113 Å². The van der Waals surface area contributed by atoms with Gasteiger partial charge in [0, 0.05) is 11.3 Å². The number of benzene rings is 3. The van der Waals surface area contributed by atoms with E-state index in [1.165, 1.54) is 0 Å². The number of aliphatic carboxylic acids is 1. The number of hydrogen-bond donors (Lipinski definition) is 2. The molecule has 1 amide bonds. The summed E-state index contributed by atoms with van der Waals surface area (Å²) in [5.74, 6) is -0.740. The van der Waals surface area contributed by atoms with Crippen LogP contribution >= 0.6 is 0 Å². The second-order valence-corrected chi connectivity index (χ2v) is 9.10. The highest BCUT2D eigenvalue weighted by molar-refractivity contribution is 5.87. The molecule has 35 heavy (non-hydrogen) atoms. The third-order valence-corrected chi connectivity index (χ3v) is 6.85. The fourth-order valence-corrected chi connectivity index (χ4v) is 4.57. The second-order valence-electron chi connectivity index (χ2n) is 9.10. The van der Waals surface area contributed by atoms with Gasteiger partial charge in [-0.05, 0) is 54.0 Å². The molecular weight excluding hydrogens is 438 g/mol. The van der Waals surface area contributed by atoms with Gasteiger partial charge in [0.2, 0.25) is 0 Å². The molecule has 0 bridgehead atoms. The maximum Gasteiger partial charge on any atom is 0.412 e. The molecule has 5 nitrogen and oxygen atoms in total. The predicted molar refractivity (Wildman–Crippen MR) is 136 cm³/mol. The number of allylic oxidation sites excluding steroid dienone is 3. The summed E-state index contributed by atoms with van der Waals surface area (Å²) >= 11 is 0. The average molecular weight is 466 g/mol. The van der Waals surface area contributed by atoms with E-state index in [2.05, 4.69) is 11.4 Å². The highest BCUT2D eigenvalue weighted by atomic mass is 16.6. The van der Waals surface area contributed by atoms with Crippen molar-refractivity contribution < 1.29 is 19.4 Å². The van der Waals surface area contributed by atoms with Crippen molar-refractivity contribution in [1.29, 1.82) is 0 Å². The lowest BCUT2D eigenvalue weighted by molar-refractivity contribution is -0.140. The molecule has 1 unspecified atom stereocenters. The predicted octanol–water partition coefficient (Wildman–Crippen LogP) is 6.63. The van der Waals surface area contributed by atoms with Gasteiger partial charge in [0.05, 0.1) is 5.41 Å². The Balaban J connectivity index is 1.24. The molecule has 2 aliphatic carbocycles. The molecule has 5 rings (SSSR count). The van der Waals surface area contributed by atoms with Crippen LogP contribution < -0.4 is 5.32 Å². The molecule has 2 aliphatic rings. The molecule has 0 heterocycles. The number of hydrogen-bond acceptors (Lipinski definition) is 3. The minimum Gasteiger partial charge on any atom is -0.481 e. The van der Waals surface area contributed by atoms with E-state index < -0.39 is 17.5 Å². The van der Waals surface area contributed by atoms with Gasteiger partial charge < -0.3 is 9.84 Å². The summed E-state index contributed by atoms with van der Waals surface area (Å²) in [6.07, 6.45) is 5.39. The largest absolute Gasteiger partial charge is 0.481 e. The molecule has 176 valence electrons. The van der Waals surface area contributed by atoms with E-state index in [1.807, 2.05) is 91.9 Å². The second kappa shape index (κ2) is 9.26. The Morgan fingerprint density at radius 1 is 0.857 bits per heavy atom. The van der Waals surface area contributed by atoms with E-state index in [0.29, 0.717) is 12.8 Å². The van der Waals surface area contributed by atoms with E-state index in [9.17, 15) is 14.7 Å². The van der Waals surface area contributed by atoms with Crippen molar-refractivity contribution >= 4 is 17.6 Å². The van der Waals surface area contributed by atoms with E-state index >= 15 is 0 Å². The minimum absolute atomic E-state index is 0.346. The Labute approximate surface area is 204 Å². The summed E-state index contributed by atoms with van der Waals surface area (Å²) in [7, 11) is 0. The molecule has 2 N–H and O–H groups in total. The van der Waals surface area contributed by atoms with E-state index in [4.69, 9.17) is 4.74 Å². The highest BCUT2D eigenvalue weighted by Crippen LogP contribution is 2.48. The zero-order chi connectivity index (χ0) is 24.4. The third kappa shape index (κ3) is 4.62. The number of amides is 1. The van der Waals surface area contributed by atoms with E-state index in [-0.39, 0.29) is 6.10 Å². The number of rotatable bonds is 7. The molecule has 3 aromatic rings. The molecule has 1 atom stereocenters. The lowest BCUT2D eigenvalue weighted by Gasteiger charge is -2.16. The molecular formula is C30H27NO4. The van der Waals surface area contributed by atoms with Crippen molar-refractivity contribution in [2.24, 2.45) is 0 Å². The van der Waals surface area contributed by atoms with Gasteiger partial charge in [-0.25, -0.2) is 4.79 Å². The molecule has 3 aromatic carbocycles. The van der Waals surface area contributed by atoms with Crippen LogP contribution in [0.3, 0.4) is 0 Å². The number of ether oxygens (including phenoxy) is 1. The van der Waals surface area contributed by atoms with Crippen LogP contribution in [0.4, 0.5) is 4.79 Å². The Morgan fingerprint density at radius 2 is 1.46 bits per heavy atom. The summed E-state index contributed by atoms with van der Waals surface area (Å²) in [4.78, 5) is 24.1. The first kappa shape index (κ1) is 22.7. The quantitative estimate of drug-likeness (QED) is 0.411. The van der Waals surface area contributed by atoms with Crippen LogP contribution in [0.25, 0.3) is 16.7 Å². The first-order valence-corrected chi connectivity index (χ1v) is 11.8. The molecule has 0 spiro atoms. The highest BCUT2D eigenvalue weighted by Gasteiger charge is 2.51. The molecule has 1 fully saturated rings. The maximum atomic E-state index is 12.5. The monoisotopic (exact) mass is 465 g/mol. The number of nitrogens with one attached hydrogen (secondary N) is 1. The fourth-order valence-electron chi connectivity index (χ4n) is 4.57. The van der Waals surface area contributed by atoms with Gasteiger partial charge in [-0.2, -0.15) is 0 Å². The number of alkyl carbamates (subject to hydrolysis) is 1. The normalized spacial score (nSPS) is 16.6. The van der Waals surface area contributed by atoms with Crippen molar-refractivity contribution in [1.82, 2.24) is 5.32 Å². The van der Waals surface area contributed by atoms with E-state index in [0.717, 1.165) is 45.5 Å². The Morgan fingerprint density at radius 3 is 2.06 bits per heavy atom. The maximum absolute atomic E-state index is 12.5. The van der Waals surface area contributed by atoms with Crippen LogP contribution in [0.15, 0.2) is 96.7 Å². The topological polar surface area (TPSA) is 75.6 Å². The van der Waals surface area contributed by atoms with Crippen molar-refractivity contribution in [3.8, 4) is 11.1 Å². The Bertz CT molecular complexity index is 1300. The fraction of sp³-hybridized carbons (Fsp3) is 0.200. The van der Waals surface area contributed by atoms with Gasteiger partial charge in [0.15, 0.2) is 0 Å². The first-order chi connectivity index (χ1) is 17.0. The smallest absolute Gasteiger partial charge is 0.412 e. The SMILES string of the molecule is CC(OC(=O)NC1=CCC=C1c1ccc(-c2ccc(C3(C(=O)O)CC3)cc2)cc1)c1ccccc1. The van der Waals surface area contributed by atoms with Crippen molar-refractivity contribution in [2.75, 3.05) is 0 Å². The third-order valence-electron chi connectivity index (χ3n) is 6.85.